The monoisotopic (exact) mass is 619 g/mol. The lowest BCUT2D eigenvalue weighted by atomic mass is 9.78. The normalized spacial score (nSPS) is 21.8. The molecule has 2 aromatic carbocycles. The fourth-order valence-corrected chi connectivity index (χ4v) is 7.35. The number of aromatic nitrogens is 1. The zero-order valence-electron chi connectivity index (χ0n) is 26.6. The number of aryl methyl sites for hydroxylation is 1. The van der Waals surface area contributed by atoms with E-state index in [1.807, 2.05) is 17.2 Å². The van der Waals surface area contributed by atoms with Crippen molar-refractivity contribution in [3.05, 3.63) is 59.8 Å². The first-order valence-electron chi connectivity index (χ1n) is 15.7. The number of methoxy groups -OCH3 is 2. The van der Waals surface area contributed by atoms with Gasteiger partial charge in [-0.3, -0.25) is 4.79 Å². The Morgan fingerprint density at radius 2 is 1.68 bits per heavy atom. The summed E-state index contributed by atoms with van der Waals surface area (Å²) >= 11 is 1.50. The molecule has 8 nitrogen and oxygen atoms in total. The van der Waals surface area contributed by atoms with Crippen molar-refractivity contribution >= 4 is 29.0 Å². The zero-order valence-corrected chi connectivity index (χ0v) is 27.4. The van der Waals surface area contributed by atoms with Gasteiger partial charge in [0, 0.05) is 38.4 Å². The lowest BCUT2D eigenvalue weighted by Crippen LogP contribution is -2.42. The summed E-state index contributed by atoms with van der Waals surface area (Å²) in [6, 6.07) is 14.8. The van der Waals surface area contributed by atoms with E-state index in [0.717, 1.165) is 60.4 Å². The summed E-state index contributed by atoms with van der Waals surface area (Å²) in [6.45, 7) is 2.81. The minimum absolute atomic E-state index is 0.0879. The predicted molar refractivity (Wildman–Crippen MR) is 175 cm³/mol. The Bertz CT molecular complexity index is 1420. The third-order valence-corrected chi connectivity index (χ3v) is 10.2. The maximum Gasteiger partial charge on any atom is 0.409 e. The maximum atomic E-state index is 14.3. The Morgan fingerprint density at radius 1 is 0.932 bits per heavy atom. The van der Waals surface area contributed by atoms with Gasteiger partial charge in [-0.15, -0.1) is 0 Å². The number of amides is 2. The third kappa shape index (κ3) is 7.54. The van der Waals surface area contributed by atoms with Gasteiger partial charge in [0.05, 0.1) is 19.1 Å². The van der Waals surface area contributed by atoms with Crippen LogP contribution in [0.1, 0.15) is 68.4 Å². The first kappa shape index (κ1) is 31.8. The predicted octanol–water partition coefficient (Wildman–Crippen LogP) is 7.70. The number of benzene rings is 2. The average Bonchev–Trinajstić information content (AvgIpc) is 3.54. The second-order valence-corrected chi connectivity index (χ2v) is 13.4. The maximum absolute atomic E-state index is 14.3. The van der Waals surface area contributed by atoms with Gasteiger partial charge >= 0.3 is 6.09 Å². The molecule has 236 valence electrons. The smallest absolute Gasteiger partial charge is 0.409 e. The van der Waals surface area contributed by atoms with E-state index in [4.69, 9.17) is 14.2 Å². The Labute approximate surface area is 265 Å². The van der Waals surface area contributed by atoms with Crippen molar-refractivity contribution in [2.75, 3.05) is 39.8 Å². The van der Waals surface area contributed by atoms with E-state index in [2.05, 4.69) is 48.3 Å². The molecule has 0 saturated heterocycles. The molecule has 0 bridgehead atoms. The van der Waals surface area contributed by atoms with Crippen LogP contribution in [0.3, 0.4) is 0 Å². The molecule has 0 radical (unpaired) electrons. The van der Waals surface area contributed by atoms with Crippen LogP contribution in [0.25, 0.3) is 10.4 Å². The van der Waals surface area contributed by atoms with E-state index in [1.165, 1.54) is 27.4 Å². The van der Waals surface area contributed by atoms with Gasteiger partial charge in [-0.1, -0.05) is 35.6 Å². The van der Waals surface area contributed by atoms with E-state index >= 15 is 0 Å². The Kier molecular flexibility index (Phi) is 10.5. The summed E-state index contributed by atoms with van der Waals surface area (Å²) < 4.78 is 16.4. The van der Waals surface area contributed by atoms with Crippen molar-refractivity contribution in [1.82, 2.24) is 9.88 Å². The highest BCUT2D eigenvalue weighted by Crippen LogP contribution is 2.39. The molecule has 2 fully saturated rings. The molecule has 2 saturated carbocycles. The number of rotatable bonds is 9. The highest BCUT2D eigenvalue weighted by Gasteiger charge is 2.34. The van der Waals surface area contributed by atoms with Crippen molar-refractivity contribution in [2.45, 2.75) is 70.3 Å². The first-order valence-corrected chi connectivity index (χ1v) is 16.5. The quantitative estimate of drug-likeness (QED) is 0.244. The summed E-state index contributed by atoms with van der Waals surface area (Å²) in [5.74, 6) is 1.98. The minimum Gasteiger partial charge on any atom is -0.496 e. The molecule has 2 aliphatic rings. The number of nitrogens with zero attached hydrogens (tertiary/aromatic N) is 3. The van der Waals surface area contributed by atoms with Crippen LogP contribution in [0.5, 0.6) is 10.9 Å². The standard InChI is InChI=1S/C35H45N3O5S/c1-23-19-27(15-18-31(23)41-4)25-11-9-24(10-12-25)22-38(29-8-6-7-28(20-29)32-21-36-34(42-5)44-32)33(39)26-13-16-30(17-14-26)43-35(40)37(2)3/h6-8,15,18-21,24-26,30H,9-14,16-17,22H2,1-5H3/t24-,25-,26-,30-. The van der Waals surface area contributed by atoms with Crippen molar-refractivity contribution in [3.63, 3.8) is 0 Å². The van der Waals surface area contributed by atoms with Crippen LogP contribution in [0.15, 0.2) is 48.7 Å². The van der Waals surface area contributed by atoms with E-state index in [1.54, 1.807) is 28.3 Å². The third-order valence-electron chi connectivity index (χ3n) is 9.20. The van der Waals surface area contributed by atoms with Crippen molar-refractivity contribution < 1.29 is 23.8 Å². The summed E-state index contributed by atoms with van der Waals surface area (Å²) in [5.41, 5.74) is 4.51. The van der Waals surface area contributed by atoms with E-state index < -0.39 is 0 Å². The molecule has 0 spiro atoms. The Hall–Kier alpha value is -3.59. The van der Waals surface area contributed by atoms with E-state index in [9.17, 15) is 9.59 Å². The van der Waals surface area contributed by atoms with E-state index in [0.29, 0.717) is 36.4 Å². The zero-order chi connectivity index (χ0) is 31.2. The molecule has 0 atom stereocenters. The molecule has 0 N–H and O–H groups in total. The van der Waals surface area contributed by atoms with Gasteiger partial charge in [0.1, 0.15) is 11.9 Å². The number of ether oxygens (including phenoxy) is 3. The van der Waals surface area contributed by atoms with Crippen molar-refractivity contribution in [2.24, 2.45) is 11.8 Å². The van der Waals surface area contributed by atoms with Gasteiger partial charge in [-0.2, -0.15) is 0 Å². The van der Waals surface area contributed by atoms with Crippen LogP contribution < -0.4 is 14.4 Å². The molecule has 1 heterocycles. The molecule has 0 unspecified atom stereocenters. The Balaban J connectivity index is 1.31. The van der Waals surface area contributed by atoms with Crippen LogP contribution in [0, 0.1) is 18.8 Å². The van der Waals surface area contributed by atoms with Gasteiger partial charge in [-0.25, -0.2) is 9.78 Å². The number of hydrogen-bond donors (Lipinski definition) is 0. The first-order chi connectivity index (χ1) is 21.2. The number of carbonyl (C=O) groups excluding carboxylic acids is 2. The number of thiazole rings is 1. The van der Waals surface area contributed by atoms with Crippen molar-refractivity contribution in [1.29, 1.82) is 0 Å². The minimum atomic E-state index is -0.321. The topological polar surface area (TPSA) is 81.2 Å². The number of carbonyl (C=O) groups is 2. The molecule has 1 aromatic heterocycles. The van der Waals surface area contributed by atoms with Gasteiger partial charge in [0.25, 0.3) is 5.19 Å². The molecule has 44 heavy (non-hydrogen) atoms. The lowest BCUT2D eigenvalue weighted by Gasteiger charge is -2.36. The van der Waals surface area contributed by atoms with Gasteiger partial charge in [0.2, 0.25) is 5.91 Å². The number of anilines is 1. The highest BCUT2D eigenvalue weighted by molar-refractivity contribution is 7.16. The molecule has 3 aromatic rings. The van der Waals surface area contributed by atoms with Crippen LogP contribution in [-0.4, -0.2) is 62.8 Å². The van der Waals surface area contributed by atoms with Gasteiger partial charge in [-0.05, 0) is 105 Å². The van der Waals surface area contributed by atoms with Gasteiger partial charge < -0.3 is 24.0 Å². The molecule has 2 aliphatic carbocycles. The largest absolute Gasteiger partial charge is 0.496 e. The van der Waals surface area contributed by atoms with Crippen LogP contribution in [0.2, 0.25) is 0 Å². The molecule has 5 rings (SSSR count). The van der Waals surface area contributed by atoms with Crippen LogP contribution in [-0.2, 0) is 9.53 Å². The molecular formula is C35H45N3O5S. The summed E-state index contributed by atoms with van der Waals surface area (Å²) in [7, 11) is 6.73. The molecular weight excluding hydrogens is 574 g/mol. The summed E-state index contributed by atoms with van der Waals surface area (Å²) in [5, 5.41) is 0.619. The average molecular weight is 620 g/mol. The Morgan fingerprint density at radius 3 is 2.32 bits per heavy atom. The van der Waals surface area contributed by atoms with E-state index in [-0.39, 0.29) is 24.0 Å². The fraction of sp³-hybridized carbons (Fsp3) is 0.514. The second kappa shape index (κ2) is 14.5. The van der Waals surface area contributed by atoms with Crippen molar-refractivity contribution in [3.8, 4) is 21.4 Å². The molecule has 9 heteroatoms. The SMILES string of the molecule is COc1ncc(-c2cccc(N(C[C@H]3CC[C@H](c4ccc(OC)c(C)c4)CC3)C(=O)[C@H]3CC[C@H](OC(=O)N(C)C)CC3)c2)s1. The van der Waals surface area contributed by atoms with Gasteiger partial charge in [0.15, 0.2) is 0 Å². The highest BCUT2D eigenvalue weighted by atomic mass is 32.1. The molecule has 2 amide bonds. The lowest BCUT2D eigenvalue weighted by molar-refractivity contribution is -0.124. The number of hydrogen-bond acceptors (Lipinski definition) is 7. The fourth-order valence-electron chi connectivity index (χ4n) is 6.62. The summed E-state index contributed by atoms with van der Waals surface area (Å²) in [6.07, 6.45) is 8.61. The molecule has 0 aliphatic heterocycles. The summed E-state index contributed by atoms with van der Waals surface area (Å²) in [4.78, 5) is 35.2. The second-order valence-electron chi connectivity index (χ2n) is 12.4. The van der Waals surface area contributed by atoms with Crippen LogP contribution >= 0.6 is 11.3 Å². The van der Waals surface area contributed by atoms with Crippen LogP contribution in [0.4, 0.5) is 10.5 Å².